The van der Waals surface area contributed by atoms with Gasteiger partial charge < -0.3 is 24.7 Å². The highest BCUT2D eigenvalue weighted by Crippen LogP contribution is 2.54. The summed E-state index contributed by atoms with van der Waals surface area (Å²) in [5.74, 6) is 0.223. The third-order valence-electron chi connectivity index (χ3n) is 13.4. The van der Waals surface area contributed by atoms with Crippen molar-refractivity contribution in [2.75, 3.05) is 48.9 Å². The summed E-state index contributed by atoms with van der Waals surface area (Å²) in [6.07, 6.45) is 8.22. The van der Waals surface area contributed by atoms with Gasteiger partial charge in [-0.25, -0.2) is 32.3 Å². The van der Waals surface area contributed by atoms with Gasteiger partial charge in [0.2, 0.25) is 0 Å². The number of para-hydroxylation sites is 1. The molecule has 6 atom stereocenters. The molecule has 3 unspecified atom stereocenters. The highest BCUT2D eigenvalue weighted by atomic mass is 32.2. The summed E-state index contributed by atoms with van der Waals surface area (Å²) >= 11 is 0. The molecule has 0 bridgehead atoms. The van der Waals surface area contributed by atoms with E-state index in [4.69, 9.17) is 19.4 Å². The number of unbranched alkanes of at least 4 members (excludes halogenated alkanes) is 3. The molecule has 6 heterocycles. The highest BCUT2D eigenvalue weighted by Gasteiger charge is 2.55. The van der Waals surface area contributed by atoms with Crippen molar-refractivity contribution in [3.05, 3.63) is 95.4 Å². The van der Waals surface area contributed by atoms with Crippen LogP contribution < -0.4 is 15.0 Å². The number of piperidine rings is 1. The number of benzene rings is 2. The largest absolute Gasteiger partial charge is 0.493 e. The molecule has 15 heteroatoms. The number of aromatic nitrogens is 4. The molecule has 3 fully saturated rings. The van der Waals surface area contributed by atoms with E-state index in [0.29, 0.717) is 57.0 Å². The van der Waals surface area contributed by atoms with Crippen molar-refractivity contribution >= 4 is 32.3 Å². The van der Waals surface area contributed by atoms with Gasteiger partial charge in [0, 0.05) is 83.6 Å². The van der Waals surface area contributed by atoms with E-state index in [1.54, 1.807) is 6.20 Å². The molecule has 1 aliphatic carbocycles. The number of pyridine rings is 1. The van der Waals surface area contributed by atoms with E-state index in [1.165, 1.54) is 26.0 Å². The van der Waals surface area contributed by atoms with E-state index in [-0.39, 0.29) is 54.3 Å². The number of aromatic amines is 1. The fourth-order valence-electron chi connectivity index (χ4n) is 10.1. The first kappa shape index (κ1) is 42.6. The molecule has 3 aliphatic heterocycles. The van der Waals surface area contributed by atoms with Gasteiger partial charge in [0.05, 0.1) is 58.1 Å². The lowest BCUT2D eigenvalue weighted by atomic mass is 9.77. The summed E-state index contributed by atoms with van der Waals surface area (Å²) < 4.78 is 82.0. The van der Waals surface area contributed by atoms with Crippen molar-refractivity contribution in [1.29, 1.82) is 4.78 Å². The number of likely N-dealkylation sites (tertiary alicyclic amines) is 1. The van der Waals surface area contributed by atoms with E-state index in [9.17, 15) is 8.99 Å². The SMILES string of the molecule is C[C@@H]1COCCN1c1cc(C2(S(=N)(=O)CCCCCCOc3cc(F)c([C@@H]4C5Nc6ccccc6C5C[C@@H](C)N4CC(C)(C)F)c(F)c3)CC2)nc(-c2ccnc3[nH]ccc23)n1. The molecular weight excluding hydrogens is 814 g/mol. The zero-order chi connectivity index (χ0) is 43.4. The number of ether oxygens (including phenoxy) is 2. The van der Waals surface area contributed by atoms with Crippen LogP contribution in [0.4, 0.5) is 24.7 Å². The van der Waals surface area contributed by atoms with E-state index >= 15 is 13.2 Å². The molecule has 0 amide bonds. The maximum Gasteiger partial charge on any atom is 0.162 e. The molecule has 330 valence electrons. The van der Waals surface area contributed by atoms with Crippen molar-refractivity contribution in [2.45, 2.75) is 113 Å². The monoisotopic (exact) mass is 870 g/mol. The molecule has 62 heavy (non-hydrogen) atoms. The van der Waals surface area contributed by atoms with Crippen LogP contribution >= 0.6 is 0 Å². The van der Waals surface area contributed by atoms with Crippen LogP contribution in [-0.2, 0) is 19.2 Å². The Hall–Kier alpha value is -4.73. The first-order chi connectivity index (χ1) is 29.7. The van der Waals surface area contributed by atoms with E-state index in [2.05, 4.69) is 33.2 Å². The zero-order valence-electron chi connectivity index (χ0n) is 35.9. The molecule has 11 nitrogen and oxygen atoms in total. The summed E-state index contributed by atoms with van der Waals surface area (Å²) in [6.45, 7) is 9.22. The molecule has 2 aromatic carbocycles. The molecular formula is C47H57F3N8O3S. The van der Waals surface area contributed by atoms with Crippen molar-refractivity contribution in [3.8, 4) is 17.1 Å². The Labute approximate surface area is 362 Å². The van der Waals surface area contributed by atoms with Gasteiger partial charge in [0.1, 0.15) is 34.5 Å². The topological polar surface area (TPSA) is 132 Å². The Bertz CT molecular complexity index is 2520. The van der Waals surface area contributed by atoms with Crippen molar-refractivity contribution < 1.29 is 26.9 Å². The number of nitrogens with zero attached hydrogens (tertiary/aromatic N) is 5. The van der Waals surface area contributed by atoms with Crippen molar-refractivity contribution in [1.82, 2.24) is 24.8 Å². The standard InChI is InChI=1S/C47H57F3N8O3S/c1-29-23-35-32-11-7-8-12-38(32)54-42(35)43(58(29)28-46(3,4)50)41-36(48)24-31(25-37(41)49)61-20-9-5-6-10-22-62(51,59)47(15-16-47)39-26-40(57-19-21-60-27-30(57)2)56-45(55-39)34-14-18-53-44-33(34)13-17-52-44/h7-8,11-14,17-18,24-26,29-30,35,42-43,51,54H,5-6,9-10,15-16,19-23,27-28H2,1-4H3,(H,52,53)/t29-,30-,35?,42?,43-,62?/m1/s1. The van der Waals surface area contributed by atoms with Gasteiger partial charge in [0.25, 0.3) is 0 Å². The van der Waals surface area contributed by atoms with Crippen LogP contribution in [0.2, 0.25) is 0 Å². The van der Waals surface area contributed by atoms with Crippen LogP contribution in [0.15, 0.2) is 67.0 Å². The quantitative estimate of drug-likeness (QED) is 0.0881. The smallest absolute Gasteiger partial charge is 0.162 e. The Balaban J connectivity index is 0.839. The van der Waals surface area contributed by atoms with Crippen LogP contribution in [0.3, 0.4) is 0 Å². The lowest BCUT2D eigenvalue weighted by Gasteiger charge is -2.48. The Kier molecular flexibility index (Phi) is 11.5. The number of H-pyrrole nitrogens is 1. The number of halogens is 3. The number of anilines is 2. The lowest BCUT2D eigenvalue weighted by molar-refractivity contribution is 0.0194. The molecule has 3 N–H and O–H groups in total. The second kappa shape index (κ2) is 16.8. The van der Waals surface area contributed by atoms with Gasteiger partial charge in [-0.3, -0.25) is 9.68 Å². The van der Waals surface area contributed by atoms with Crippen LogP contribution in [0.1, 0.15) is 101 Å². The first-order valence-electron chi connectivity index (χ1n) is 22.1. The Morgan fingerprint density at radius 1 is 1.02 bits per heavy atom. The second-order valence-corrected chi connectivity index (χ2v) is 20.9. The fraction of sp³-hybridized carbons (Fsp3) is 0.511. The summed E-state index contributed by atoms with van der Waals surface area (Å²) in [5, 5.41) is 4.43. The summed E-state index contributed by atoms with van der Waals surface area (Å²) in [6, 6.07) is 15.2. The average molecular weight is 871 g/mol. The highest BCUT2D eigenvalue weighted by molar-refractivity contribution is 7.93. The van der Waals surface area contributed by atoms with Gasteiger partial charge in [0.15, 0.2) is 5.82 Å². The molecule has 0 spiro atoms. The minimum atomic E-state index is -3.09. The number of morpholine rings is 1. The first-order valence-corrected chi connectivity index (χ1v) is 23.8. The van der Waals surface area contributed by atoms with E-state index in [1.807, 2.05) is 54.4 Å². The summed E-state index contributed by atoms with van der Waals surface area (Å²) in [4.78, 5) is 21.8. The predicted molar refractivity (Wildman–Crippen MR) is 237 cm³/mol. The molecule has 1 saturated carbocycles. The van der Waals surface area contributed by atoms with Crippen molar-refractivity contribution in [2.24, 2.45) is 0 Å². The van der Waals surface area contributed by atoms with Gasteiger partial charge in [-0.1, -0.05) is 31.0 Å². The van der Waals surface area contributed by atoms with Crippen molar-refractivity contribution in [3.63, 3.8) is 0 Å². The van der Waals surface area contributed by atoms with Gasteiger partial charge in [-0.05, 0) is 83.6 Å². The number of alkyl halides is 1. The maximum absolute atomic E-state index is 16.2. The Morgan fingerprint density at radius 3 is 2.55 bits per heavy atom. The number of nitrogens with one attached hydrogen (secondary N) is 3. The average Bonchev–Trinajstić information content (AvgIpc) is 3.79. The third-order valence-corrected chi connectivity index (χ3v) is 16.1. The molecule has 9 rings (SSSR count). The fourth-order valence-corrected chi connectivity index (χ4v) is 12.3. The van der Waals surface area contributed by atoms with Gasteiger partial charge >= 0.3 is 0 Å². The number of fused-ring (bicyclic) bond motifs is 4. The van der Waals surface area contributed by atoms with E-state index < -0.39 is 37.8 Å². The molecule has 5 aromatic rings. The minimum Gasteiger partial charge on any atom is -0.493 e. The lowest BCUT2D eigenvalue weighted by Crippen LogP contribution is -2.54. The molecule has 2 saturated heterocycles. The number of hydrogen-bond donors (Lipinski definition) is 3. The third kappa shape index (κ3) is 8.16. The maximum atomic E-state index is 16.2. The predicted octanol–water partition coefficient (Wildman–Crippen LogP) is 9.66. The zero-order valence-corrected chi connectivity index (χ0v) is 36.7. The molecule has 3 aromatic heterocycles. The van der Waals surface area contributed by atoms with E-state index in [0.717, 1.165) is 52.9 Å². The second-order valence-electron chi connectivity index (χ2n) is 18.4. The molecule has 4 aliphatic rings. The van der Waals surface area contributed by atoms with Crippen LogP contribution in [-0.4, -0.2) is 91.5 Å². The summed E-state index contributed by atoms with van der Waals surface area (Å²) in [5.41, 5.74) is 2.64. The van der Waals surface area contributed by atoms with Gasteiger partial charge in [-0.15, -0.1) is 0 Å². The molecule has 0 radical (unpaired) electrons. The summed E-state index contributed by atoms with van der Waals surface area (Å²) in [7, 11) is -3.09. The normalized spacial score (nSPS) is 24.3. The minimum absolute atomic E-state index is 0.0318. The van der Waals surface area contributed by atoms with Crippen LogP contribution in [0.25, 0.3) is 22.4 Å². The number of hydrogen-bond acceptors (Lipinski definition) is 10. The Morgan fingerprint density at radius 2 is 1.79 bits per heavy atom. The number of rotatable bonds is 15. The van der Waals surface area contributed by atoms with Crippen LogP contribution in [0, 0.1) is 16.4 Å². The van der Waals surface area contributed by atoms with Crippen LogP contribution in [0.5, 0.6) is 5.75 Å². The van der Waals surface area contributed by atoms with Gasteiger partial charge in [-0.2, -0.15) is 0 Å².